The molecule has 0 fully saturated rings. The Morgan fingerprint density at radius 3 is 1.65 bits per heavy atom. The van der Waals surface area contributed by atoms with E-state index in [0.29, 0.717) is 11.8 Å². The van der Waals surface area contributed by atoms with Crippen LogP contribution in [0.3, 0.4) is 0 Å². The molecule has 3 aromatic carbocycles. The Morgan fingerprint density at radius 2 is 1.15 bits per heavy atom. The third-order valence-electron chi connectivity index (χ3n) is 5.89. The summed E-state index contributed by atoms with van der Waals surface area (Å²) < 4.78 is 2.09. The second kappa shape index (κ2) is 10.8. The van der Waals surface area contributed by atoms with Crippen molar-refractivity contribution >= 4 is 0 Å². The topological polar surface area (TPSA) is 30.7 Å². The number of benzene rings is 3. The van der Waals surface area contributed by atoms with Crippen LogP contribution in [-0.4, -0.2) is 14.8 Å². The van der Waals surface area contributed by atoms with Crippen molar-refractivity contribution in [1.82, 2.24) is 14.8 Å². The van der Waals surface area contributed by atoms with Crippen LogP contribution in [0, 0.1) is 20.8 Å². The average molecular weight is 454 g/mol. The fourth-order valence-electron chi connectivity index (χ4n) is 4.43. The highest BCUT2D eigenvalue weighted by Crippen LogP contribution is 2.35. The molecule has 0 unspecified atom stereocenters. The van der Waals surface area contributed by atoms with Crippen LogP contribution in [0.2, 0.25) is 0 Å². The normalized spacial score (nSPS) is 11.0. The average Bonchev–Trinajstić information content (AvgIpc) is 3.25. The van der Waals surface area contributed by atoms with Gasteiger partial charge in [-0.3, -0.25) is 0 Å². The van der Waals surface area contributed by atoms with Crippen LogP contribution < -0.4 is 0 Å². The largest absolute Gasteiger partial charge is 0.212 e. The van der Waals surface area contributed by atoms with E-state index in [0.717, 1.165) is 22.8 Å². The Balaban J connectivity index is 0.00000158. The maximum absolute atomic E-state index is 5.13. The lowest BCUT2D eigenvalue weighted by Gasteiger charge is -2.21. The Hall–Kier alpha value is -3.20. The second-order valence-corrected chi connectivity index (χ2v) is 9.51. The van der Waals surface area contributed by atoms with Gasteiger partial charge in [0.2, 0.25) is 0 Å². The van der Waals surface area contributed by atoms with E-state index in [1.165, 1.54) is 33.5 Å². The van der Waals surface area contributed by atoms with Gasteiger partial charge < -0.3 is 0 Å². The van der Waals surface area contributed by atoms with Gasteiger partial charge in [0.1, 0.15) is 0 Å². The lowest BCUT2D eigenvalue weighted by Crippen LogP contribution is -2.10. The van der Waals surface area contributed by atoms with Crippen LogP contribution in [0.4, 0.5) is 0 Å². The predicted octanol–water partition coefficient (Wildman–Crippen LogP) is 8.80. The number of hydrogen-bond acceptors (Lipinski definition) is 2. The van der Waals surface area contributed by atoms with Crippen molar-refractivity contribution in [3.63, 3.8) is 0 Å². The van der Waals surface area contributed by atoms with Gasteiger partial charge in [-0.05, 0) is 55.9 Å². The highest BCUT2D eigenvalue weighted by molar-refractivity contribution is 5.67. The first kappa shape index (κ1) is 25.4. The molecule has 4 aromatic rings. The molecule has 4 rings (SSSR count). The van der Waals surface area contributed by atoms with E-state index in [9.17, 15) is 0 Å². The van der Waals surface area contributed by atoms with Gasteiger partial charge in [0.05, 0.1) is 5.69 Å². The first-order valence-electron chi connectivity index (χ1n) is 12.5. The molecule has 0 amide bonds. The Kier molecular flexibility index (Phi) is 8.09. The molecule has 0 aliphatic rings. The van der Waals surface area contributed by atoms with Gasteiger partial charge >= 0.3 is 0 Å². The lowest BCUT2D eigenvalue weighted by molar-refractivity contribution is 0.772. The van der Waals surface area contributed by atoms with Gasteiger partial charge in [-0.15, -0.1) is 5.10 Å². The molecule has 3 heteroatoms. The summed E-state index contributed by atoms with van der Waals surface area (Å²) in [7, 11) is 0. The zero-order valence-electron chi connectivity index (χ0n) is 22.3. The minimum atomic E-state index is 0.375. The fourth-order valence-corrected chi connectivity index (χ4v) is 4.43. The summed E-state index contributed by atoms with van der Waals surface area (Å²) in [5.41, 5.74) is 9.64. The molecule has 0 bridgehead atoms. The van der Waals surface area contributed by atoms with Crippen molar-refractivity contribution in [3.05, 3.63) is 88.5 Å². The van der Waals surface area contributed by atoms with Crippen LogP contribution >= 0.6 is 0 Å². The molecule has 1 aromatic heterocycles. The molecule has 3 nitrogen and oxygen atoms in total. The molecule has 0 atom stereocenters. The number of aryl methyl sites for hydroxylation is 3. The van der Waals surface area contributed by atoms with Crippen molar-refractivity contribution < 1.29 is 0 Å². The first-order chi connectivity index (χ1) is 16.2. The van der Waals surface area contributed by atoms with Crippen molar-refractivity contribution in [3.8, 4) is 28.5 Å². The molecule has 0 saturated heterocycles. The fraction of sp³-hybridized carbons (Fsp3) is 0.355. The number of rotatable bonds is 5. The van der Waals surface area contributed by atoms with E-state index < -0.39 is 0 Å². The summed E-state index contributed by atoms with van der Waals surface area (Å²) in [6.45, 7) is 19.5. The minimum Gasteiger partial charge on any atom is -0.212 e. The molecular weight excluding hydrogens is 414 g/mol. The molecule has 34 heavy (non-hydrogen) atoms. The second-order valence-electron chi connectivity index (χ2n) is 9.51. The molecular formula is C31H39N3. The number of hydrogen-bond donors (Lipinski definition) is 0. The minimum absolute atomic E-state index is 0.375. The SMILES string of the molecule is CC.Cc1cc(C)cc(-c2nc(-c3ccccc3)n(-c3c(C(C)C)cc(C)cc3C(C)C)n2)c1. The van der Waals surface area contributed by atoms with E-state index in [1.54, 1.807) is 0 Å². The van der Waals surface area contributed by atoms with E-state index in [4.69, 9.17) is 10.1 Å². The van der Waals surface area contributed by atoms with Gasteiger partial charge in [-0.2, -0.15) is 0 Å². The van der Waals surface area contributed by atoms with Gasteiger partial charge in [-0.1, -0.05) is 107 Å². The number of nitrogens with zero attached hydrogens (tertiary/aromatic N) is 3. The zero-order valence-corrected chi connectivity index (χ0v) is 22.3. The van der Waals surface area contributed by atoms with Crippen LogP contribution in [0.15, 0.2) is 60.7 Å². The molecule has 0 N–H and O–H groups in total. The van der Waals surface area contributed by atoms with Crippen molar-refractivity contribution in [1.29, 1.82) is 0 Å². The summed E-state index contributed by atoms with van der Waals surface area (Å²) in [6.07, 6.45) is 0. The molecule has 1 heterocycles. The maximum atomic E-state index is 5.13. The quantitative estimate of drug-likeness (QED) is 0.302. The molecule has 0 spiro atoms. The third-order valence-corrected chi connectivity index (χ3v) is 5.89. The Morgan fingerprint density at radius 1 is 0.647 bits per heavy atom. The van der Waals surface area contributed by atoms with E-state index >= 15 is 0 Å². The van der Waals surface area contributed by atoms with Crippen molar-refractivity contribution in [2.24, 2.45) is 0 Å². The molecule has 0 aliphatic heterocycles. The van der Waals surface area contributed by atoms with E-state index in [1.807, 2.05) is 19.9 Å². The summed E-state index contributed by atoms with van der Waals surface area (Å²) in [4.78, 5) is 5.08. The van der Waals surface area contributed by atoms with Crippen LogP contribution in [0.25, 0.3) is 28.5 Å². The molecule has 0 radical (unpaired) electrons. The summed E-state index contributed by atoms with van der Waals surface area (Å²) in [5, 5.41) is 5.13. The highest BCUT2D eigenvalue weighted by Gasteiger charge is 2.23. The third kappa shape index (κ3) is 5.30. The lowest BCUT2D eigenvalue weighted by atomic mass is 9.90. The first-order valence-corrected chi connectivity index (χ1v) is 12.5. The molecule has 0 aliphatic carbocycles. The van der Waals surface area contributed by atoms with Gasteiger partial charge in [0.25, 0.3) is 0 Å². The van der Waals surface area contributed by atoms with Gasteiger partial charge in [-0.25, -0.2) is 9.67 Å². The Bertz CT molecular complexity index is 1200. The maximum Gasteiger partial charge on any atom is 0.182 e. The summed E-state index contributed by atoms with van der Waals surface area (Å²) in [5.74, 6) is 2.40. The van der Waals surface area contributed by atoms with Crippen LogP contribution in [-0.2, 0) is 0 Å². The van der Waals surface area contributed by atoms with Gasteiger partial charge in [0.15, 0.2) is 11.6 Å². The van der Waals surface area contributed by atoms with Gasteiger partial charge in [0, 0.05) is 11.1 Å². The molecule has 178 valence electrons. The van der Waals surface area contributed by atoms with E-state index in [2.05, 4.69) is 108 Å². The predicted molar refractivity (Wildman–Crippen MR) is 146 cm³/mol. The van der Waals surface area contributed by atoms with Crippen LogP contribution in [0.1, 0.15) is 81.2 Å². The summed E-state index contributed by atoms with van der Waals surface area (Å²) >= 11 is 0. The smallest absolute Gasteiger partial charge is 0.182 e. The molecule has 0 saturated carbocycles. The van der Waals surface area contributed by atoms with Crippen molar-refractivity contribution in [2.45, 2.75) is 74.1 Å². The van der Waals surface area contributed by atoms with Crippen LogP contribution in [0.5, 0.6) is 0 Å². The zero-order chi connectivity index (χ0) is 25.0. The Labute approximate surface area is 205 Å². The highest BCUT2D eigenvalue weighted by atomic mass is 15.4. The van der Waals surface area contributed by atoms with E-state index in [-0.39, 0.29) is 0 Å². The monoisotopic (exact) mass is 453 g/mol. The number of aromatic nitrogens is 3. The summed E-state index contributed by atoms with van der Waals surface area (Å²) in [6, 6.07) is 21.5. The standard InChI is InChI=1S/C29H33N3.C2H6/c1-18(2)25-16-22(7)17-26(19(3)4)27(25)32-29(23-11-9-8-10-12-23)30-28(31-32)24-14-20(5)13-21(6)15-24;1-2/h8-19H,1-7H3;1-2H3. The van der Waals surface area contributed by atoms with Crippen molar-refractivity contribution in [2.75, 3.05) is 0 Å².